The standard InChI is InChI=1S/C21H20N2O4/c1-13-4-10-18(11-5-13)26-12-19-15(3)27-23-20(19)21(25)22-17-8-6-16(7-9-17)14(2)24/h4-11H,12H2,1-3H3,(H,22,25). The van der Waals surface area contributed by atoms with E-state index in [9.17, 15) is 9.59 Å². The third-order valence-electron chi connectivity index (χ3n) is 4.15. The predicted octanol–water partition coefficient (Wildman–Crippen LogP) is 4.33. The Morgan fingerprint density at radius 2 is 1.70 bits per heavy atom. The minimum atomic E-state index is -0.398. The molecule has 2 aromatic carbocycles. The maximum Gasteiger partial charge on any atom is 0.278 e. The van der Waals surface area contributed by atoms with Crippen LogP contribution < -0.4 is 10.1 Å². The molecule has 0 bridgehead atoms. The third-order valence-corrected chi connectivity index (χ3v) is 4.15. The Kier molecular flexibility index (Phi) is 5.35. The van der Waals surface area contributed by atoms with Gasteiger partial charge in [-0.1, -0.05) is 22.9 Å². The van der Waals surface area contributed by atoms with Crippen molar-refractivity contribution in [3.8, 4) is 5.75 Å². The lowest BCUT2D eigenvalue weighted by Gasteiger charge is -2.08. The van der Waals surface area contributed by atoms with Crippen LogP contribution in [0.15, 0.2) is 53.1 Å². The van der Waals surface area contributed by atoms with Crippen molar-refractivity contribution < 1.29 is 18.8 Å². The number of nitrogens with one attached hydrogen (secondary N) is 1. The fraction of sp³-hybridized carbons (Fsp3) is 0.190. The van der Waals surface area contributed by atoms with Gasteiger partial charge in [0.1, 0.15) is 18.1 Å². The van der Waals surface area contributed by atoms with Crippen LogP contribution in [0.3, 0.4) is 0 Å². The zero-order valence-electron chi connectivity index (χ0n) is 15.4. The molecule has 1 N–H and O–H groups in total. The fourth-order valence-electron chi connectivity index (χ4n) is 2.51. The highest BCUT2D eigenvalue weighted by molar-refractivity contribution is 6.04. The Labute approximate surface area is 157 Å². The largest absolute Gasteiger partial charge is 0.489 e. The summed E-state index contributed by atoms with van der Waals surface area (Å²) in [6.07, 6.45) is 0. The molecule has 0 spiro atoms. The van der Waals surface area contributed by atoms with E-state index in [0.717, 1.165) is 5.56 Å². The van der Waals surface area contributed by atoms with Gasteiger partial charge in [0, 0.05) is 11.3 Å². The molecule has 1 heterocycles. The van der Waals surface area contributed by atoms with Gasteiger partial charge in [-0.2, -0.15) is 0 Å². The predicted molar refractivity (Wildman–Crippen MR) is 101 cm³/mol. The number of anilines is 1. The summed E-state index contributed by atoms with van der Waals surface area (Å²) in [6, 6.07) is 14.3. The number of nitrogens with zero attached hydrogens (tertiary/aromatic N) is 1. The minimum Gasteiger partial charge on any atom is -0.489 e. The highest BCUT2D eigenvalue weighted by Crippen LogP contribution is 2.20. The number of Topliss-reactive ketones (excluding diaryl/α,β-unsaturated/α-hetero) is 1. The Morgan fingerprint density at radius 3 is 2.33 bits per heavy atom. The van der Waals surface area contributed by atoms with Crippen LogP contribution in [0, 0.1) is 13.8 Å². The fourth-order valence-corrected chi connectivity index (χ4v) is 2.51. The van der Waals surface area contributed by atoms with Crippen molar-refractivity contribution >= 4 is 17.4 Å². The molecule has 3 aromatic rings. The number of amides is 1. The number of benzene rings is 2. The molecule has 27 heavy (non-hydrogen) atoms. The molecule has 0 aliphatic rings. The molecule has 0 aliphatic heterocycles. The molecule has 0 saturated carbocycles. The minimum absolute atomic E-state index is 0.0319. The Morgan fingerprint density at radius 1 is 1.04 bits per heavy atom. The van der Waals surface area contributed by atoms with E-state index in [1.54, 1.807) is 31.2 Å². The van der Waals surface area contributed by atoms with Crippen LogP contribution in [0.5, 0.6) is 5.75 Å². The van der Waals surface area contributed by atoms with Crippen molar-refractivity contribution in [2.45, 2.75) is 27.4 Å². The molecule has 0 radical (unpaired) electrons. The number of aryl methyl sites for hydroxylation is 2. The van der Waals surface area contributed by atoms with E-state index < -0.39 is 5.91 Å². The number of hydrogen-bond donors (Lipinski definition) is 1. The lowest BCUT2D eigenvalue weighted by molar-refractivity contribution is 0.101. The number of carbonyl (C=O) groups is 2. The van der Waals surface area contributed by atoms with Crippen LogP contribution in [-0.2, 0) is 6.61 Å². The van der Waals surface area contributed by atoms with Crippen molar-refractivity contribution in [1.82, 2.24) is 5.16 Å². The maximum atomic E-state index is 12.6. The van der Waals surface area contributed by atoms with Crippen molar-refractivity contribution in [3.63, 3.8) is 0 Å². The Hall–Kier alpha value is -3.41. The molecule has 1 amide bonds. The van der Waals surface area contributed by atoms with Gasteiger partial charge < -0.3 is 14.6 Å². The molecule has 0 saturated heterocycles. The van der Waals surface area contributed by atoms with Gasteiger partial charge in [0.2, 0.25) is 0 Å². The first-order chi connectivity index (χ1) is 12.9. The van der Waals surface area contributed by atoms with Gasteiger partial charge in [-0.05, 0) is 57.2 Å². The van der Waals surface area contributed by atoms with Crippen LogP contribution in [-0.4, -0.2) is 16.8 Å². The summed E-state index contributed by atoms with van der Waals surface area (Å²) in [7, 11) is 0. The molecule has 0 aliphatic carbocycles. The summed E-state index contributed by atoms with van der Waals surface area (Å²) < 4.78 is 10.9. The SMILES string of the molecule is CC(=O)c1ccc(NC(=O)c2noc(C)c2COc2ccc(C)cc2)cc1. The summed E-state index contributed by atoms with van der Waals surface area (Å²) >= 11 is 0. The van der Waals surface area contributed by atoms with Crippen molar-refractivity contribution in [2.24, 2.45) is 0 Å². The van der Waals surface area contributed by atoms with Crippen LogP contribution >= 0.6 is 0 Å². The van der Waals surface area contributed by atoms with E-state index in [2.05, 4.69) is 10.5 Å². The molecule has 6 heteroatoms. The van der Waals surface area contributed by atoms with Gasteiger partial charge in [0.25, 0.3) is 5.91 Å². The van der Waals surface area contributed by atoms with E-state index in [1.165, 1.54) is 6.92 Å². The first-order valence-electron chi connectivity index (χ1n) is 8.51. The quantitative estimate of drug-likeness (QED) is 0.659. The van der Waals surface area contributed by atoms with Crippen molar-refractivity contribution in [3.05, 3.63) is 76.7 Å². The van der Waals surface area contributed by atoms with Gasteiger partial charge in [-0.3, -0.25) is 9.59 Å². The van der Waals surface area contributed by atoms with Gasteiger partial charge >= 0.3 is 0 Å². The van der Waals surface area contributed by atoms with Crippen molar-refractivity contribution in [1.29, 1.82) is 0 Å². The number of hydrogen-bond acceptors (Lipinski definition) is 5. The lowest BCUT2D eigenvalue weighted by atomic mass is 10.1. The normalized spacial score (nSPS) is 10.5. The van der Waals surface area contributed by atoms with Gasteiger partial charge in [-0.25, -0.2) is 0 Å². The van der Waals surface area contributed by atoms with E-state index in [4.69, 9.17) is 9.26 Å². The van der Waals surface area contributed by atoms with Gasteiger partial charge in [0.05, 0.1) is 5.56 Å². The summed E-state index contributed by atoms with van der Waals surface area (Å²) in [5, 5.41) is 6.62. The summed E-state index contributed by atoms with van der Waals surface area (Å²) in [4.78, 5) is 23.9. The van der Waals surface area contributed by atoms with Gasteiger partial charge in [0.15, 0.2) is 11.5 Å². The average Bonchev–Trinajstić information content (AvgIpc) is 3.02. The highest BCUT2D eigenvalue weighted by atomic mass is 16.5. The highest BCUT2D eigenvalue weighted by Gasteiger charge is 2.20. The molecule has 138 valence electrons. The Bertz CT molecular complexity index is 957. The second-order valence-corrected chi connectivity index (χ2v) is 6.26. The topological polar surface area (TPSA) is 81.4 Å². The number of carbonyl (C=O) groups excluding carboxylic acids is 2. The number of ketones is 1. The lowest BCUT2D eigenvalue weighted by Crippen LogP contribution is -2.15. The van der Waals surface area contributed by atoms with E-state index in [-0.39, 0.29) is 18.1 Å². The first-order valence-corrected chi connectivity index (χ1v) is 8.51. The van der Waals surface area contributed by atoms with Crippen molar-refractivity contribution in [2.75, 3.05) is 5.32 Å². The zero-order valence-corrected chi connectivity index (χ0v) is 15.4. The number of aromatic nitrogens is 1. The molecule has 0 unspecified atom stereocenters. The monoisotopic (exact) mass is 364 g/mol. The molecular weight excluding hydrogens is 344 g/mol. The second kappa shape index (κ2) is 7.86. The average molecular weight is 364 g/mol. The second-order valence-electron chi connectivity index (χ2n) is 6.26. The van der Waals surface area contributed by atoms with E-state index in [1.807, 2.05) is 31.2 Å². The maximum absolute atomic E-state index is 12.6. The van der Waals surface area contributed by atoms with E-state index in [0.29, 0.717) is 28.3 Å². The van der Waals surface area contributed by atoms with Crippen LogP contribution in [0.4, 0.5) is 5.69 Å². The third kappa shape index (κ3) is 4.41. The molecule has 0 atom stereocenters. The zero-order chi connectivity index (χ0) is 19.4. The summed E-state index contributed by atoms with van der Waals surface area (Å²) in [6.45, 7) is 5.40. The smallest absolute Gasteiger partial charge is 0.278 e. The molecule has 6 nitrogen and oxygen atoms in total. The summed E-state index contributed by atoms with van der Waals surface area (Å²) in [5.74, 6) is 0.798. The Balaban J connectivity index is 1.71. The van der Waals surface area contributed by atoms with Crippen LogP contribution in [0.2, 0.25) is 0 Å². The first kappa shape index (κ1) is 18.4. The number of rotatable bonds is 6. The van der Waals surface area contributed by atoms with Crippen LogP contribution in [0.25, 0.3) is 0 Å². The van der Waals surface area contributed by atoms with Crippen LogP contribution in [0.1, 0.15) is 44.7 Å². The number of ether oxygens (including phenoxy) is 1. The van der Waals surface area contributed by atoms with E-state index >= 15 is 0 Å². The molecule has 1 aromatic heterocycles. The molecule has 3 rings (SSSR count). The van der Waals surface area contributed by atoms with Gasteiger partial charge in [-0.15, -0.1) is 0 Å². The molecule has 0 fully saturated rings. The summed E-state index contributed by atoms with van der Waals surface area (Å²) in [5.41, 5.74) is 3.05. The molecular formula is C21H20N2O4.